The fraction of sp³-hybridized carbons (Fsp3) is 0.300. The van der Waals surface area contributed by atoms with Crippen molar-refractivity contribution in [2.45, 2.75) is 79.6 Å². The fourth-order valence-electron chi connectivity index (χ4n) is 6.52. The number of nitrogens with zero attached hydrogens (tertiary/aromatic N) is 6. The number of hydrogen-bond acceptors (Lipinski definition) is 6. The van der Waals surface area contributed by atoms with Crippen molar-refractivity contribution < 1.29 is 0 Å². The topological polar surface area (TPSA) is 55.9 Å². The van der Waals surface area contributed by atoms with Gasteiger partial charge in [-0.05, 0) is 24.2 Å². The molecule has 4 aromatic carbocycles. The van der Waals surface area contributed by atoms with Crippen LogP contribution in [0.2, 0.25) is 0 Å². The van der Waals surface area contributed by atoms with Crippen molar-refractivity contribution in [2.24, 2.45) is 19.6 Å². The van der Waals surface area contributed by atoms with E-state index in [-0.39, 0.29) is 24.2 Å². The van der Waals surface area contributed by atoms with E-state index < -0.39 is 14.2 Å². The minimum Gasteiger partial charge on any atom is -0.296 e. The van der Waals surface area contributed by atoms with Gasteiger partial charge in [0.05, 0.1) is 22.8 Å². The lowest BCUT2D eigenvalue weighted by atomic mass is 9.81. The molecule has 6 nitrogen and oxygen atoms in total. The second kappa shape index (κ2) is 16.1. The summed E-state index contributed by atoms with van der Waals surface area (Å²) in [6.07, 6.45) is 0. The van der Waals surface area contributed by atoms with Crippen molar-refractivity contribution in [1.29, 1.82) is 0 Å². The van der Waals surface area contributed by atoms with Gasteiger partial charge in [0.25, 0.3) is 0 Å². The van der Waals surface area contributed by atoms with Crippen molar-refractivity contribution in [3.8, 4) is 0 Å². The number of hydrogen-bond donors (Lipinski definition) is 0. The van der Waals surface area contributed by atoms with E-state index in [0.717, 1.165) is 45.1 Å². The van der Waals surface area contributed by atoms with Crippen LogP contribution in [-0.2, 0) is 0 Å². The second-order valence-corrected chi connectivity index (χ2v) is 13.3. The Kier molecular flexibility index (Phi) is 11.7. The lowest BCUT2D eigenvalue weighted by molar-refractivity contribution is 0.301. The van der Waals surface area contributed by atoms with Crippen molar-refractivity contribution in [3.05, 3.63) is 144 Å². The summed E-state index contributed by atoms with van der Waals surface area (Å²) in [6.45, 7) is 17.7. The molecular weight excluding hydrogens is 586 g/mol. The van der Waals surface area contributed by atoms with Crippen LogP contribution < -0.4 is 0 Å². The van der Waals surface area contributed by atoms with Crippen LogP contribution in [0, 0.1) is 0 Å². The van der Waals surface area contributed by atoms with Gasteiger partial charge in [-0.2, -0.15) is 0 Å². The summed E-state index contributed by atoms with van der Waals surface area (Å²) >= 11 is 0. The highest BCUT2D eigenvalue weighted by Gasteiger charge is 2.36. The first-order valence-corrected chi connectivity index (χ1v) is 17.2. The van der Waals surface area contributed by atoms with Gasteiger partial charge in [0.1, 0.15) is 0 Å². The Morgan fingerprint density at radius 1 is 0.333 bits per heavy atom. The van der Waals surface area contributed by atoms with Crippen LogP contribution in [0.3, 0.4) is 0 Å². The standard InChI is InChI=1S/C40H48B2N6/c1-29(2)47(30(3)4)41-43-37(33-21-13-9-14-22-33)39(35-25-17-11-18-26-35)45-42(48(31(5)6)32(7)8)46-40(36-27-19-12-20-28-36)38(44-41)34-23-15-10-16-24-34/h9-32H,1-8H3/b43-37-,44-38+,45-39+,46-40-. The molecule has 5 rings (SSSR count). The quantitative estimate of drug-likeness (QED) is 0.165. The predicted molar refractivity (Wildman–Crippen MR) is 208 cm³/mol. The Labute approximate surface area is 288 Å². The molecule has 1 heterocycles. The summed E-state index contributed by atoms with van der Waals surface area (Å²) < 4.78 is 0. The van der Waals surface area contributed by atoms with Crippen LogP contribution in [0.15, 0.2) is 141 Å². The van der Waals surface area contributed by atoms with Gasteiger partial charge in [-0.15, -0.1) is 0 Å². The average molecular weight is 634 g/mol. The third-order valence-corrected chi connectivity index (χ3v) is 8.53. The van der Waals surface area contributed by atoms with E-state index in [0.29, 0.717) is 0 Å². The summed E-state index contributed by atoms with van der Waals surface area (Å²) in [5.74, 6) is 0. The first kappa shape index (κ1) is 34.9. The number of rotatable bonds is 10. The summed E-state index contributed by atoms with van der Waals surface area (Å²) in [4.78, 5) is 27.3. The molecule has 1 aliphatic heterocycles. The molecule has 1 aliphatic rings. The number of benzene rings is 4. The molecule has 244 valence electrons. The van der Waals surface area contributed by atoms with E-state index in [1.54, 1.807) is 0 Å². The maximum atomic E-state index is 5.65. The van der Waals surface area contributed by atoms with Crippen molar-refractivity contribution in [2.75, 3.05) is 0 Å². The van der Waals surface area contributed by atoms with Gasteiger partial charge in [-0.25, -0.2) is 0 Å². The van der Waals surface area contributed by atoms with Crippen molar-refractivity contribution >= 4 is 37.1 Å². The minimum atomic E-state index is -0.555. The molecular formula is C40H48B2N6. The molecule has 8 heteroatoms. The van der Waals surface area contributed by atoms with Gasteiger partial charge < -0.3 is 0 Å². The molecule has 0 amide bonds. The third-order valence-electron chi connectivity index (χ3n) is 8.53. The first-order chi connectivity index (χ1) is 23.2. The lowest BCUT2D eigenvalue weighted by Crippen LogP contribution is -2.50. The van der Waals surface area contributed by atoms with Crippen LogP contribution in [0.1, 0.15) is 77.6 Å². The molecule has 0 saturated heterocycles. The van der Waals surface area contributed by atoms with Crippen LogP contribution >= 0.6 is 0 Å². The highest BCUT2D eigenvalue weighted by atomic mass is 15.2. The highest BCUT2D eigenvalue weighted by molar-refractivity contribution is 6.72. The van der Waals surface area contributed by atoms with Gasteiger partial charge in [0.15, 0.2) is 0 Å². The van der Waals surface area contributed by atoms with Gasteiger partial charge >= 0.3 is 14.2 Å². The minimum absolute atomic E-state index is 0.166. The van der Waals surface area contributed by atoms with Crippen LogP contribution in [0.5, 0.6) is 0 Å². The van der Waals surface area contributed by atoms with Crippen molar-refractivity contribution in [3.63, 3.8) is 0 Å². The van der Waals surface area contributed by atoms with E-state index in [1.807, 2.05) is 24.3 Å². The molecule has 0 aliphatic carbocycles. The predicted octanol–water partition coefficient (Wildman–Crippen LogP) is 8.16. The lowest BCUT2D eigenvalue weighted by Gasteiger charge is -2.34. The monoisotopic (exact) mass is 634 g/mol. The molecule has 0 saturated carbocycles. The zero-order valence-electron chi connectivity index (χ0n) is 29.7. The molecule has 48 heavy (non-hydrogen) atoms. The average Bonchev–Trinajstić information content (AvgIpc) is 3.08. The molecule has 0 N–H and O–H groups in total. The zero-order valence-corrected chi connectivity index (χ0v) is 29.7. The van der Waals surface area contributed by atoms with Gasteiger partial charge in [-0.1, -0.05) is 177 Å². The smallest absolute Gasteiger partial charge is 0.296 e. The van der Waals surface area contributed by atoms with Crippen LogP contribution in [-0.4, -0.2) is 70.9 Å². The Morgan fingerprint density at radius 2 is 0.521 bits per heavy atom. The molecule has 0 radical (unpaired) electrons. The molecule has 4 aromatic rings. The first-order valence-electron chi connectivity index (χ1n) is 17.2. The van der Waals surface area contributed by atoms with Crippen molar-refractivity contribution in [1.82, 2.24) is 9.62 Å². The van der Waals surface area contributed by atoms with Crippen LogP contribution in [0.4, 0.5) is 0 Å². The van der Waals surface area contributed by atoms with Gasteiger partial charge in [0.2, 0.25) is 0 Å². The van der Waals surface area contributed by atoms with Gasteiger partial charge in [0, 0.05) is 22.3 Å². The fourth-order valence-corrected chi connectivity index (χ4v) is 6.52. The van der Waals surface area contributed by atoms with Crippen LogP contribution in [0.25, 0.3) is 0 Å². The van der Waals surface area contributed by atoms with E-state index in [9.17, 15) is 0 Å². The maximum absolute atomic E-state index is 5.65. The maximum Gasteiger partial charge on any atom is 0.509 e. The Balaban J connectivity index is 1.97. The Hall–Kier alpha value is -4.39. The summed E-state index contributed by atoms with van der Waals surface area (Å²) in [7, 11) is -1.11. The van der Waals surface area contributed by atoms with E-state index >= 15 is 0 Å². The second-order valence-electron chi connectivity index (χ2n) is 13.3. The molecule has 0 spiro atoms. The SMILES string of the molecule is CC(C)N(B1/N=C(c2ccccc2)\C(c2ccccc2)=N\B(N(C(C)C)C(C)C)/N=C(c2ccccc2)\C(c2ccccc2)=N\1)C(C)C. The molecule has 0 unspecified atom stereocenters. The Morgan fingerprint density at radius 3 is 0.688 bits per heavy atom. The third kappa shape index (κ3) is 8.18. The summed E-state index contributed by atoms with van der Waals surface area (Å²) in [5, 5.41) is 0. The molecule has 0 fully saturated rings. The summed E-state index contributed by atoms with van der Waals surface area (Å²) in [6, 6.07) is 42.3. The molecule has 0 bridgehead atoms. The normalized spacial score (nSPS) is 18.9. The van der Waals surface area contributed by atoms with E-state index in [2.05, 4.69) is 162 Å². The largest absolute Gasteiger partial charge is 0.509 e. The molecule has 0 atom stereocenters. The van der Waals surface area contributed by atoms with E-state index in [4.69, 9.17) is 19.6 Å². The van der Waals surface area contributed by atoms with E-state index in [1.165, 1.54) is 0 Å². The zero-order chi connectivity index (χ0) is 34.2. The summed E-state index contributed by atoms with van der Waals surface area (Å²) in [5.41, 5.74) is 7.13. The highest BCUT2D eigenvalue weighted by Crippen LogP contribution is 2.22. The Bertz CT molecular complexity index is 1480. The molecule has 0 aromatic heterocycles. The van der Waals surface area contributed by atoms with Gasteiger partial charge in [-0.3, -0.25) is 29.2 Å².